The molecule has 0 aliphatic carbocycles. The Kier molecular flexibility index (Phi) is 4.93. The molecule has 104 valence electrons. The number of nitrogens with one attached hydrogen (secondary N) is 1. The van der Waals surface area contributed by atoms with Crippen molar-refractivity contribution in [3.63, 3.8) is 0 Å². The van der Waals surface area contributed by atoms with E-state index in [1.165, 1.54) is 24.2 Å². The summed E-state index contributed by atoms with van der Waals surface area (Å²) in [6, 6.07) is 1.87. The minimum absolute atomic E-state index is 0.0509. The van der Waals surface area contributed by atoms with Gasteiger partial charge in [-0.3, -0.25) is 9.36 Å². The fourth-order valence-electron chi connectivity index (χ4n) is 2.32. The predicted octanol–water partition coefficient (Wildman–Crippen LogP) is 4.34. The summed E-state index contributed by atoms with van der Waals surface area (Å²) in [5, 5.41) is 2.68. The van der Waals surface area contributed by atoms with E-state index in [-0.39, 0.29) is 5.56 Å². The molecule has 2 rings (SSSR count). The van der Waals surface area contributed by atoms with Crippen LogP contribution in [0.4, 0.5) is 0 Å². The number of rotatable bonds is 6. The van der Waals surface area contributed by atoms with Gasteiger partial charge in [0.05, 0.1) is 5.39 Å². The molecule has 0 aliphatic heterocycles. The normalized spacial score (nSPS) is 12.9. The average molecular weight is 296 g/mol. The molecular formula is C14H20N2OS2. The van der Waals surface area contributed by atoms with Crippen LogP contribution in [-0.2, 0) is 6.54 Å². The van der Waals surface area contributed by atoms with E-state index in [0.717, 1.165) is 29.6 Å². The van der Waals surface area contributed by atoms with Crippen molar-refractivity contribution >= 4 is 33.8 Å². The average Bonchev–Trinajstić information content (AvgIpc) is 2.86. The van der Waals surface area contributed by atoms with Crippen molar-refractivity contribution in [3.8, 4) is 0 Å². The molecule has 0 amide bonds. The van der Waals surface area contributed by atoms with E-state index in [1.807, 2.05) is 11.4 Å². The van der Waals surface area contributed by atoms with E-state index >= 15 is 0 Å². The maximum atomic E-state index is 12.4. The van der Waals surface area contributed by atoms with Crippen LogP contribution in [-0.4, -0.2) is 9.55 Å². The minimum Gasteiger partial charge on any atom is -0.323 e. The molecule has 0 aromatic carbocycles. The van der Waals surface area contributed by atoms with E-state index in [0.29, 0.717) is 10.7 Å². The highest BCUT2D eigenvalue weighted by Gasteiger charge is 2.11. The zero-order valence-electron chi connectivity index (χ0n) is 11.4. The van der Waals surface area contributed by atoms with Crippen molar-refractivity contribution in [2.24, 2.45) is 5.92 Å². The lowest BCUT2D eigenvalue weighted by Gasteiger charge is -2.16. The summed E-state index contributed by atoms with van der Waals surface area (Å²) in [6.45, 7) is 5.11. The van der Waals surface area contributed by atoms with Crippen molar-refractivity contribution in [1.82, 2.24) is 9.55 Å². The Hall–Kier alpha value is -0.940. The van der Waals surface area contributed by atoms with Gasteiger partial charge in [0.1, 0.15) is 4.83 Å². The highest BCUT2D eigenvalue weighted by Crippen LogP contribution is 2.17. The van der Waals surface area contributed by atoms with Crippen LogP contribution in [0.1, 0.15) is 39.5 Å². The third kappa shape index (κ3) is 3.15. The number of unbranched alkanes of at least 4 members (excludes halogenated alkanes) is 1. The number of thiophene rings is 1. The first-order valence-corrected chi connectivity index (χ1v) is 8.16. The first kappa shape index (κ1) is 14.5. The molecule has 0 saturated heterocycles. The maximum absolute atomic E-state index is 12.4. The van der Waals surface area contributed by atoms with Gasteiger partial charge in [-0.25, -0.2) is 0 Å². The Morgan fingerprint density at radius 1 is 1.47 bits per heavy atom. The number of fused-ring (bicyclic) bond motifs is 1. The molecule has 0 saturated carbocycles. The Morgan fingerprint density at radius 3 is 2.95 bits per heavy atom. The second kappa shape index (κ2) is 6.48. The van der Waals surface area contributed by atoms with Crippen LogP contribution in [0.5, 0.6) is 0 Å². The van der Waals surface area contributed by atoms with Crippen LogP contribution < -0.4 is 5.56 Å². The summed E-state index contributed by atoms with van der Waals surface area (Å²) < 4.78 is 2.28. The zero-order valence-corrected chi connectivity index (χ0v) is 13.1. The summed E-state index contributed by atoms with van der Waals surface area (Å²) in [5.41, 5.74) is 0.0509. The molecule has 2 heterocycles. The Bertz CT molecular complexity index is 653. The summed E-state index contributed by atoms with van der Waals surface area (Å²) in [7, 11) is 0. The Morgan fingerprint density at radius 2 is 2.26 bits per heavy atom. The van der Waals surface area contributed by atoms with Crippen LogP contribution in [0.15, 0.2) is 16.2 Å². The number of nitrogens with zero attached hydrogens (tertiary/aromatic N) is 1. The van der Waals surface area contributed by atoms with Crippen molar-refractivity contribution in [2.75, 3.05) is 0 Å². The van der Waals surface area contributed by atoms with Crippen molar-refractivity contribution in [1.29, 1.82) is 0 Å². The van der Waals surface area contributed by atoms with E-state index in [1.54, 1.807) is 4.57 Å². The van der Waals surface area contributed by atoms with Crippen molar-refractivity contribution < 1.29 is 0 Å². The van der Waals surface area contributed by atoms with Crippen LogP contribution in [0.25, 0.3) is 10.2 Å². The largest absolute Gasteiger partial charge is 0.323 e. The Balaban J connectivity index is 2.33. The molecular weight excluding hydrogens is 276 g/mol. The van der Waals surface area contributed by atoms with Gasteiger partial charge in [0.15, 0.2) is 4.77 Å². The van der Waals surface area contributed by atoms with Crippen LogP contribution in [0, 0.1) is 10.7 Å². The molecule has 0 bridgehead atoms. The van der Waals surface area contributed by atoms with Crippen molar-refractivity contribution in [2.45, 2.75) is 46.1 Å². The molecule has 0 fully saturated rings. The highest BCUT2D eigenvalue weighted by atomic mass is 32.1. The van der Waals surface area contributed by atoms with E-state index < -0.39 is 0 Å². The molecule has 19 heavy (non-hydrogen) atoms. The summed E-state index contributed by atoms with van der Waals surface area (Å²) in [4.78, 5) is 16.5. The number of aromatic amines is 1. The van der Waals surface area contributed by atoms with Gasteiger partial charge in [-0.1, -0.05) is 33.1 Å². The summed E-state index contributed by atoms with van der Waals surface area (Å²) >= 11 is 6.85. The van der Waals surface area contributed by atoms with Crippen LogP contribution >= 0.6 is 23.6 Å². The molecule has 2 aromatic rings. The molecule has 1 unspecified atom stereocenters. The molecule has 1 atom stereocenters. The summed E-state index contributed by atoms with van der Waals surface area (Å²) in [5.74, 6) is 0.531. The molecule has 0 aliphatic rings. The van der Waals surface area contributed by atoms with E-state index in [2.05, 4.69) is 18.8 Å². The minimum atomic E-state index is 0.0509. The molecule has 3 nitrogen and oxygen atoms in total. The quantitative estimate of drug-likeness (QED) is 0.805. The fourth-order valence-corrected chi connectivity index (χ4v) is 3.42. The lowest BCUT2D eigenvalue weighted by atomic mass is 9.99. The van der Waals surface area contributed by atoms with Gasteiger partial charge >= 0.3 is 0 Å². The van der Waals surface area contributed by atoms with Gasteiger partial charge < -0.3 is 4.98 Å². The number of hydrogen-bond acceptors (Lipinski definition) is 3. The SMILES string of the molecule is CCCCC(CC)Cn1c(=S)[nH]c2sccc2c1=O. The number of H-pyrrole nitrogens is 1. The number of aromatic nitrogens is 2. The van der Waals surface area contributed by atoms with E-state index in [9.17, 15) is 4.79 Å². The lowest BCUT2D eigenvalue weighted by Crippen LogP contribution is -2.25. The Labute approximate surface area is 122 Å². The van der Waals surface area contributed by atoms with Gasteiger partial charge in [0.25, 0.3) is 5.56 Å². The lowest BCUT2D eigenvalue weighted by molar-refractivity contribution is 0.382. The topological polar surface area (TPSA) is 37.8 Å². The van der Waals surface area contributed by atoms with Crippen molar-refractivity contribution in [3.05, 3.63) is 26.6 Å². The zero-order chi connectivity index (χ0) is 13.8. The van der Waals surface area contributed by atoms with Crippen LogP contribution in [0.3, 0.4) is 0 Å². The smallest absolute Gasteiger partial charge is 0.263 e. The van der Waals surface area contributed by atoms with Gasteiger partial charge in [0, 0.05) is 6.54 Å². The standard InChI is InChI=1S/C14H20N2OS2/c1-3-5-6-10(4-2)9-16-13(17)11-7-8-19-12(11)15-14(16)18/h7-8,10H,3-6,9H2,1-2H3,(H,15,18). The van der Waals surface area contributed by atoms with Gasteiger partial charge in [-0.2, -0.15) is 0 Å². The molecule has 5 heteroatoms. The molecule has 1 N–H and O–H groups in total. The van der Waals surface area contributed by atoms with Gasteiger partial charge in [0.2, 0.25) is 0 Å². The monoisotopic (exact) mass is 296 g/mol. The molecule has 2 aromatic heterocycles. The van der Waals surface area contributed by atoms with Gasteiger partial charge in [-0.15, -0.1) is 11.3 Å². The highest BCUT2D eigenvalue weighted by molar-refractivity contribution is 7.71. The third-order valence-electron chi connectivity index (χ3n) is 3.59. The molecule has 0 spiro atoms. The maximum Gasteiger partial charge on any atom is 0.263 e. The van der Waals surface area contributed by atoms with Crippen LogP contribution in [0.2, 0.25) is 0 Å². The summed E-state index contributed by atoms with van der Waals surface area (Å²) in [6.07, 6.45) is 4.66. The first-order chi connectivity index (χ1) is 9.17. The van der Waals surface area contributed by atoms with E-state index in [4.69, 9.17) is 12.2 Å². The second-order valence-electron chi connectivity index (χ2n) is 4.93. The number of hydrogen-bond donors (Lipinski definition) is 1. The fraction of sp³-hybridized carbons (Fsp3) is 0.571. The third-order valence-corrected chi connectivity index (χ3v) is 4.74. The first-order valence-electron chi connectivity index (χ1n) is 6.87. The van der Waals surface area contributed by atoms with Gasteiger partial charge in [-0.05, 0) is 36.0 Å². The molecule has 0 radical (unpaired) electrons. The second-order valence-corrected chi connectivity index (χ2v) is 6.23. The predicted molar refractivity (Wildman–Crippen MR) is 84.6 cm³/mol.